The van der Waals surface area contributed by atoms with Crippen LogP contribution in [0.15, 0.2) is 42.7 Å². The van der Waals surface area contributed by atoms with Crippen molar-refractivity contribution in [3.8, 4) is 5.75 Å². The predicted molar refractivity (Wildman–Crippen MR) is 111 cm³/mol. The lowest BCUT2D eigenvalue weighted by molar-refractivity contribution is -0.140. The summed E-state index contributed by atoms with van der Waals surface area (Å²) in [5.41, 5.74) is -0.450. The lowest BCUT2D eigenvalue weighted by Gasteiger charge is -2.36. The van der Waals surface area contributed by atoms with Gasteiger partial charge >= 0.3 is 6.18 Å². The van der Waals surface area contributed by atoms with Crippen LogP contribution in [0.5, 0.6) is 5.75 Å². The molecule has 1 aromatic heterocycles. The van der Waals surface area contributed by atoms with Crippen molar-refractivity contribution < 1.29 is 31.8 Å². The van der Waals surface area contributed by atoms with E-state index in [1.54, 1.807) is 18.5 Å². The molecule has 2 N–H and O–H groups in total. The van der Waals surface area contributed by atoms with E-state index in [-0.39, 0.29) is 43.5 Å². The number of benzene rings is 2. The molecule has 1 fully saturated rings. The van der Waals surface area contributed by atoms with Gasteiger partial charge in [0.25, 0.3) is 0 Å². The summed E-state index contributed by atoms with van der Waals surface area (Å²) in [6.45, 7) is -0.0574. The van der Waals surface area contributed by atoms with Gasteiger partial charge in [-0.3, -0.25) is 4.98 Å². The third-order valence-corrected chi connectivity index (χ3v) is 5.46. The van der Waals surface area contributed by atoms with Crippen LogP contribution >= 0.6 is 12.4 Å². The van der Waals surface area contributed by atoms with E-state index in [9.17, 15) is 27.1 Å². The van der Waals surface area contributed by atoms with Crippen molar-refractivity contribution >= 4 is 23.2 Å². The second-order valence-electron chi connectivity index (χ2n) is 7.50. The molecule has 2 aromatic carbocycles. The second-order valence-corrected chi connectivity index (χ2v) is 7.50. The highest BCUT2D eigenvalue weighted by atomic mass is 35.5. The van der Waals surface area contributed by atoms with Crippen molar-refractivity contribution in [3.63, 3.8) is 0 Å². The maximum absolute atomic E-state index is 14.6. The third-order valence-electron chi connectivity index (χ3n) is 5.46. The number of nitrogens with zero attached hydrogens (tertiary/aromatic N) is 1. The Balaban J connectivity index is 0.00000289. The minimum atomic E-state index is -4.79. The van der Waals surface area contributed by atoms with E-state index in [4.69, 9.17) is 4.74 Å². The van der Waals surface area contributed by atoms with E-state index < -0.39 is 23.4 Å². The van der Waals surface area contributed by atoms with Gasteiger partial charge in [-0.1, -0.05) is 0 Å². The Kier molecular flexibility index (Phi) is 7.22. The largest absolute Gasteiger partial charge is 0.490 e. The van der Waals surface area contributed by atoms with Crippen molar-refractivity contribution in [1.82, 2.24) is 10.3 Å². The van der Waals surface area contributed by atoms with Crippen LogP contribution in [0.3, 0.4) is 0 Å². The number of rotatable bonds is 6. The standard InChI is InChI=1S/C22H19F5N2O2.ClH/c23-20-2-1-14(8-19(20)22(25,26)27)31-15-6-13(7-15)29-10-18-16-3-4-28-9-17(16)12(11-30)5-21(18)24;/h1-5,8-9,13,15,29-30H,6-7,10-11H2;1H. The Morgan fingerprint density at radius 1 is 1.06 bits per heavy atom. The Bertz CT molecular complexity index is 1100. The number of hydrogen-bond donors (Lipinski definition) is 2. The zero-order valence-electron chi connectivity index (χ0n) is 16.6. The summed E-state index contributed by atoms with van der Waals surface area (Å²) in [6, 6.07) is 5.55. The molecule has 0 saturated heterocycles. The van der Waals surface area contributed by atoms with Crippen LogP contribution < -0.4 is 10.1 Å². The summed E-state index contributed by atoms with van der Waals surface area (Å²) in [5, 5.41) is 14.0. The second kappa shape index (κ2) is 9.56. The maximum atomic E-state index is 14.6. The summed E-state index contributed by atoms with van der Waals surface area (Å²) in [6.07, 6.45) is -0.928. The molecule has 1 aliphatic rings. The zero-order valence-corrected chi connectivity index (χ0v) is 17.4. The molecule has 32 heavy (non-hydrogen) atoms. The molecule has 0 amide bonds. The first-order valence-corrected chi connectivity index (χ1v) is 9.68. The Hall–Kier alpha value is -2.49. The van der Waals surface area contributed by atoms with Gasteiger partial charge in [0.2, 0.25) is 0 Å². The van der Waals surface area contributed by atoms with Crippen LogP contribution in [0, 0.1) is 11.6 Å². The number of fused-ring (bicyclic) bond motifs is 1. The Morgan fingerprint density at radius 2 is 1.81 bits per heavy atom. The molecule has 4 nitrogen and oxygen atoms in total. The summed E-state index contributed by atoms with van der Waals surface area (Å²) >= 11 is 0. The molecule has 0 spiro atoms. The summed E-state index contributed by atoms with van der Waals surface area (Å²) in [4.78, 5) is 4.03. The Morgan fingerprint density at radius 3 is 2.50 bits per heavy atom. The van der Waals surface area contributed by atoms with Gasteiger partial charge in [0.1, 0.15) is 23.5 Å². The van der Waals surface area contributed by atoms with E-state index in [1.165, 1.54) is 12.1 Å². The molecule has 172 valence electrons. The average molecular weight is 475 g/mol. The van der Waals surface area contributed by atoms with Crippen molar-refractivity contribution in [2.24, 2.45) is 0 Å². The first-order valence-electron chi connectivity index (χ1n) is 9.68. The highest BCUT2D eigenvalue weighted by Gasteiger charge is 2.35. The number of aliphatic hydroxyl groups excluding tert-OH is 1. The van der Waals surface area contributed by atoms with Gasteiger partial charge < -0.3 is 15.2 Å². The smallest absolute Gasteiger partial charge is 0.419 e. The van der Waals surface area contributed by atoms with Crippen LogP contribution in [0.4, 0.5) is 22.0 Å². The molecular weight excluding hydrogens is 455 g/mol. The molecule has 4 rings (SSSR count). The van der Waals surface area contributed by atoms with E-state index >= 15 is 0 Å². The molecule has 0 unspecified atom stereocenters. The van der Waals surface area contributed by atoms with Crippen molar-refractivity contribution in [3.05, 3.63) is 71.1 Å². The topological polar surface area (TPSA) is 54.4 Å². The summed E-state index contributed by atoms with van der Waals surface area (Å²) in [5.74, 6) is -1.82. The fraction of sp³-hybridized carbons (Fsp3) is 0.318. The minimum absolute atomic E-state index is 0. The molecular formula is C22H20ClF5N2O2. The van der Waals surface area contributed by atoms with Crippen molar-refractivity contribution in [2.45, 2.75) is 44.3 Å². The van der Waals surface area contributed by atoms with Gasteiger partial charge in [0.15, 0.2) is 0 Å². The number of halogens is 6. The van der Waals surface area contributed by atoms with Gasteiger partial charge in [0.05, 0.1) is 12.2 Å². The molecule has 0 aliphatic heterocycles. The fourth-order valence-electron chi connectivity index (χ4n) is 3.73. The first kappa shape index (κ1) is 24.2. The molecule has 0 radical (unpaired) electrons. The number of aliphatic hydroxyl groups is 1. The molecule has 0 atom stereocenters. The van der Waals surface area contributed by atoms with Gasteiger partial charge in [-0.25, -0.2) is 8.78 Å². The zero-order chi connectivity index (χ0) is 22.2. The van der Waals surface area contributed by atoms with Gasteiger partial charge in [0, 0.05) is 35.9 Å². The summed E-state index contributed by atoms with van der Waals surface area (Å²) in [7, 11) is 0. The quantitative estimate of drug-likeness (QED) is 0.485. The third kappa shape index (κ3) is 4.95. The van der Waals surface area contributed by atoms with Gasteiger partial charge in [-0.15, -0.1) is 12.4 Å². The highest BCUT2D eigenvalue weighted by molar-refractivity contribution is 5.88. The number of pyridine rings is 1. The monoisotopic (exact) mass is 474 g/mol. The van der Waals surface area contributed by atoms with E-state index in [2.05, 4.69) is 10.3 Å². The molecule has 0 bridgehead atoms. The molecule has 1 saturated carbocycles. The number of aromatic nitrogens is 1. The highest BCUT2D eigenvalue weighted by Crippen LogP contribution is 2.35. The van der Waals surface area contributed by atoms with Crippen LogP contribution in [-0.2, 0) is 19.3 Å². The minimum Gasteiger partial charge on any atom is -0.490 e. The summed E-state index contributed by atoms with van der Waals surface area (Å²) < 4.78 is 71.9. The number of ether oxygens (including phenoxy) is 1. The molecule has 1 aliphatic carbocycles. The lowest BCUT2D eigenvalue weighted by Crippen LogP contribution is -2.46. The molecule has 3 aromatic rings. The van der Waals surface area contributed by atoms with E-state index in [0.717, 1.165) is 6.07 Å². The molecule has 10 heteroatoms. The SMILES string of the molecule is Cl.OCc1cc(F)c(CNC2CC(Oc3ccc(F)c(C(F)(F)F)c3)C2)c2ccncc12. The number of hydrogen-bond acceptors (Lipinski definition) is 4. The van der Waals surface area contributed by atoms with Crippen molar-refractivity contribution in [2.75, 3.05) is 0 Å². The van der Waals surface area contributed by atoms with Crippen LogP contribution in [0.25, 0.3) is 10.8 Å². The van der Waals surface area contributed by atoms with E-state index in [0.29, 0.717) is 40.8 Å². The number of nitrogens with one attached hydrogen (secondary N) is 1. The maximum Gasteiger partial charge on any atom is 0.419 e. The number of alkyl halides is 3. The van der Waals surface area contributed by atoms with Crippen LogP contribution in [0.1, 0.15) is 29.5 Å². The van der Waals surface area contributed by atoms with Gasteiger partial charge in [-0.2, -0.15) is 13.2 Å². The van der Waals surface area contributed by atoms with E-state index in [1.807, 2.05) is 0 Å². The average Bonchev–Trinajstić information content (AvgIpc) is 2.70. The Labute approximate surface area is 186 Å². The lowest BCUT2D eigenvalue weighted by atomic mass is 9.88. The van der Waals surface area contributed by atoms with Gasteiger partial charge in [-0.05, 0) is 54.1 Å². The predicted octanol–water partition coefficient (Wildman–Crippen LogP) is 5.15. The van der Waals surface area contributed by atoms with Crippen molar-refractivity contribution in [1.29, 1.82) is 0 Å². The van der Waals surface area contributed by atoms with Crippen LogP contribution in [0.2, 0.25) is 0 Å². The fourth-order valence-corrected chi connectivity index (χ4v) is 3.73. The molecule has 1 heterocycles. The van der Waals surface area contributed by atoms with Crippen LogP contribution in [-0.4, -0.2) is 22.2 Å². The normalized spacial score (nSPS) is 18.2. The first-order chi connectivity index (χ1) is 14.8.